The van der Waals surface area contributed by atoms with Crippen molar-refractivity contribution in [1.29, 1.82) is 0 Å². The van der Waals surface area contributed by atoms with E-state index in [4.69, 9.17) is 16.3 Å². The maximum absolute atomic E-state index is 13.1. The lowest BCUT2D eigenvalue weighted by Gasteiger charge is -2.18. The fraction of sp³-hybridized carbons (Fsp3) is 0.500. The SMILES string of the molecule is CCOc1ccc(C(=O)C2=C(O)CCCC2=O)c(Cl)c1N=S1(=O)CCCCC1. The highest BCUT2D eigenvalue weighted by Gasteiger charge is 2.30. The Labute approximate surface area is 170 Å². The number of carbonyl (C=O) groups is 2. The molecule has 0 saturated carbocycles. The molecule has 1 N–H and O–H groups in total. The normalized spacial score (nSPS) is 19.4. The molecule has 28 heavy (non-hydrogen) atoms. The van der Waals surface area contributed by atoms with Gasteiger partial charge in [0.2, 0.25) is 5.78 Å². The van der Waals surface area contributed by atoms with Gasteiger partial charge < -0.3 is 9.84 Å². The Morgan fingerprint density at radius 3 is 2.57 bits per heavy atom. The predicted molar refractivity (Wildman–Crippen MR) is 109 cm³/mol. The van der Waals surface area contributed by atoms with Crippen molar-refractivity contribution >= 4 is 38.6 Å². The number of benzene rings is 1. The molecule has 1 aromatic carbocycles. The third-order valence-electron chi connectivity index (χ3n) is 4.92. The standard InChI is InChI=1S/C20H24ClNO5S/c1-2-27-16-10-9-13(20(25)17-14(23)7-6-8-15(17)24)18(21)19(16)22-28(26)11-4-3-5-12-28/h9-10,23H,2-8,11-12H2,1H3. The highest BCUT2D eigenvalue weighted by molar-refractivity contribution is 7.93. The van der Waals surface area contributed by atoms with Gasteiger partial charge in [-0.1, -0.05) is 18.0 Å². The van der Waals surface area contributed by atoms with Crippen LogP contribution in [-0.2, 0) is 14.5 Å². The minimum atomic E-state index is -2.47. The van der Waals surface area contributed by atoms with Crippen molar-refractivity contribution in [2.75, 3.05) is 18.1 Å². The third kappa shape index (κ3) is 4.25. The second kappa shape index (κ2) is 8.66. The van der Waals surface area contributed by atoms with E-state index < -0.39 is 21.3 Å². The van der Waals surface area contributed by atoms with Gasteiger partial charge in [-0.05, 0) is 38.3 Å². The van der Waals surface area contributed by atoms with Crippen LogP contribution in [0.5, 0.6) is 5.75 Å². The number of ketones is 2. The van der Waals surface area contributed by atoms with Gasteiger partial charge in [-0.2, -0.15) is 4.36 Å². The zero-order chi connectivity index (χ0) is 20.3. The van der Waals surface area contributed by atoms with Gasteiger partial charge in [0, 0.05) is 29.9 Å². The summed E-state index contributed by atoms with van der Waals surface area (Å²) >= 11 is 6.50. The van der Waals surface area contributed by atoms with Crippen LogP contribution in [0.3, 0.4) is 0 Å². The van der Waals surface area contributed by atoms with E-state index in [-0.39, 0.29) is 40.4 Å². The highest BCUT2D eigenvalue weighted by atomic mass is 35.5. The van der Waals surface area contributed by atoms with Gasteiger partial charge in [-0.25, -0.2) is 4.21 Å². The van der Waals surface area contributed by atoms with E-state index in [1.807, 2.05) is 0 Å². The summed E-state index contributed by atoms with van der Waals surface area (Å²) in [4.78, 5) is 25.1. The summed E-state index contributed by atoms with van der Waals surface area (Å²) in [5, 5.41) is 10.1. The van der Waals surface area contributed by atoms with Crippen LogP contribution in [-0.4, -0.2) is 39.0 Å². The molecule has 152 valence electrons. The lowest BCUT2D eigenvalue weighted by molar-refractivity contribution is -0.116. The molecule has 1 saturated heterocycles. The summed E-state index contributed by atoms with van der Waals surface area (Å²) in [6, 6.07) is 3.02. The molecule has 2 aliphatic rings. The van der Waals surface area contributed by atoms with Crippen molar-refractivity contribution in [2.24, 2.45) is 4.36 Å². The highest BCUT2D eigenvalue weighted by Crippen LogP contribution is 2.41. The van der Waals surface area contributed by atoms with Crippen LogP contribution < -0.4 is 4.74 Å². The number of aliphatic hydroxyl groups is 1. The minimum absolute atomic E-state index is 0.00271. The quantitative estimate of drug-likeness (QED) is 0.541. The topological polar surface area (TPSA) is 93.0 Å². The van der Waals surface area contributed by atoms with E-state index in [0.717, 1.165) is 19.3 Å². The van der Waals surface area contributed by atoms with E-state index >= 15 is 0 Å². The summed E-state index contributed by atoms with van der Waals surface area (Å²) in [5.41, 5.74) is 0.0224. The molecule has 1 aliphatic carbocycles. The summed E-state index contributed by atoms with van der Waals surface area (Å²) in [5.74, 6) is 0.0868. The van der Waals surface area contributed by atoms with E-state index in [2.05, 4.69) is 4.36 Å². The number of nitrogens with zero attached hydrogens (tertiary/aromatic N) is 1. The molecule has 1 fully saturated rings. The molecule has 6 nitrogen and oxygen atoms in total. The number of halogens is 1. The Bertz CT molecular complexity index is 948. The molecule has 3 rings (SSSR count). The average Bonchev–Trinajstić information content (AvgIpc) is 2.65. The van der Waals surface area contributed by atoms with E-state index in [0.29, 0.717) is 30.3 Å². The first-order valence-electron chi connectivity index (χ1n) is 9.54. The van der Waals surface area contributed by atoms with Gasteiger partial charge in [0.1, 0.15) is 22.8 Å². The van der Waals surface area contributed by atoms with Crippen LogP contribution in [0.25, 0.3) is 0 Å². The number of ether oxygens (including phenoxy) is 1. The molecule has 0 spiro atoms. The first-order chi connectivity index (χ1) is 13.4. The Morgan fingerprint density at radius 2 is 1.93 bits per heavy atom. The molecule has 1 aliphatic heterocycles. The largest absolute Gasteiger partial charge is 0.511 e. The molecule has 0 radical (unpaired) electrons. The van der Waals surface area contributed by atoms with Gasteiger partial charge in [-0.3, -0.25) is 9.59 Å². The first kappa shape index (κ1) is 20.9. The van der Waals surface area contributed by atoms with Crippen molar-refractivity contribution < 1.29 is 23.6 Å². The van der Waals surface area contributed by atoms with Gasteiger partial charge in [-0.15, -0.1) is 0 Å². The van der Waals surface area contributed by atoms with Gasteiger partial charge in [0.15, 0.2) is 5.78 Å². The van der Waals surface area contributed by atoms with E-state index in [1.165, 1.54) is 6.07 Å². The Kier molecular flexibility index (Phi) is 6.45. The second-order valence-electron chi connectivity index (χ2n) is 6.97. The molecule has 0 bridgehead atoms. The lowest BCUT2D eigenvalue weighted by atomic mass is 9.90. The maximum atomic E-state index is 13.1. The number of hydrogen-bond donors (Lipinski definition) is 1. The zero-order valence-corrected chi connectivity index (χ0v) is 17.4. The zero-order valence-electron chi connectivity index (χ0n) is 15.8. The van der Waals surface area contributed by atoms with Crippen molar-refractivity contribution in [3.05, 3.63) is 34.1 Å². The Balaban J connectivity index is 2.12. The number of aliphatic hydroxyl groups excluding tert-OH is 1. The predicted octanol–water partition coefficient (Wildman–Crippen LogP) is 4.77. The summed E-state index contributed by atoms with van der Waals surface area (Å²) in [6.45, 7) is 2.17. The molecule has 0 unspecified atom stereocenters. The lowest BCUT2D eigenvalue weighted by Crippen LogP contribution is -2.20. The number of Topliss-reactive ketones (excluding diaryl/α,β-unsaturated/α-hetero) is 2. The summed E-state index contributed by atoms with van der Waals surface area (Å²) < 4.78 is 23.1. The van der Waals surface area contributed by atoms with E-state index in [9.17, 15) is 18.9 Å². The fourth-order valence-corrected chi connectivity index (χ4v) is 6.04. The number of rotatable bonds is 5. The Hall–Kier alpha value is -1.86. The summed E-state index contributed by atoms with van der Waals surface area (Å²) in [6.07, 6.45) is 3.70. The number of hydrogen-bond acceptors (Lipinski definition) is 6. The van der Waals surface area contributed by atoms with Gasteiger partial charge in [0.05, 0.1) is 21.4 Å². The van der Waals surface area contributed by atoms with Crippen LogP contribution >= 0.6 is 11.6 Å². The second-order valence-corrected chi connectivity index (χ2v) is 9.89. The van der Waals surface area contributed by atoms with Crippen LogP contribution in [0.2, 0.25) is 5.02 Å². The first-order valence-corrected chi connectivity index (χ1v) is 11.8. The van der Waals surface area contributed by atoms with Crippen LogP contribution in [0, 0.1) is 0 Å². The van der Waals surface area contributed by atoms with Crippen LogP contribution in [0.15, 0.2) is 27.8 Å². The molecule has 1 aromatic rings. The van der Waals surface area contributed by atoms with Crippen molar-refractivity contribution in [3.8, 4) is 5.75 Å². The fourth-order valence-electron chi connectivity index (χ4n) is 3.49. The third-order valence-corrected chi connectivity index (χ3v) is 7.67. The number of carbonyl (C=O) groups excluding carboxylic acids is 2. The van der Waals surface area contributed by atoms with Crippen molar-refractivity contribution in [2.45, 2.75) is 45.4 Å². The van der Waals surface area contributed by atoms with E-state index in [1.54, 1.807) is 13.0 Å². The van der Waals surface area contributed by atoms with Gasteiger partial charge >= 0.3 is 0 Å². The maximum Gasteiger partial charge on any atom is 0.201 e. The smallest absolute Gasteiger partial charge is 0.201 e. The molecule has 0 aromatic heterocycles. The van der Waals surface area contributed by atoms with Crippen LogP contribution in [0.4, 0.5) is 5.69 Å². The molecule has 0 amide bonds. The molecule has 1 heterocycles. The molecule has 0 atom stereocenters. The number of allylic oxidation sites excluding steroid dienone is 2. The van der Waals surface area contributed by atoms with Crippen molar-refractivity contribution in [1.82, 2.24) is 0 Å². The average molecular weight is 426 g/mol. The minimum Gasteiger partial charge on any atom is -0.511 e. The molecular formula is C20H24ClNO5S. The summed E-state index contributed by atoms with van der Waals surface area (Å²) in [7, 11) is -2.47. The van der Waals surface area contributed by atoms with Crippen molar-refractivity contribution in [3.63, 3.8) is 0 Å². The Morgan fingerprint density at radius 1 is 1.21 bits per heavy atom. The van der Waals surface area contributed by atoms with Crippen LogP contribution in [0.1, 0.15) is 55.8 Å². The monoisotopic (exact) mass is 425 g/mol. The molecular weight excluding hydrogens is 402 g/mol. The van der Waals surface area contributed by atoms with Gasteiger partial charge in [0.25, 0.3) is 0 Å². The molecule has 8 heteroatoms.